The van der Waals surface area contributed by atoms with Crippen LogP contribution in [0.2, 0.25) is 10.0 Å². The smallest absolute Gasteiger partial charge is 0.410 e. The van der Waals surface area contributed by atoms with E-state index in [1.165, 1.54) is 0 Å². The fourth-order valence-corrected chi connectivity index (χ4v) is 5.10. The number of carbonyl (C=O) groups is 1. The lowest BCUT2D eigenvalue weighted by Gasteiger charge is -2.42. The number of ether oxygens (including phenoxy) is 2. The number of halogens is 2. The molecule has 1 aromatic carbocycles. The van der Waals surface area contributed by atoms with Crippen LogP contribution in [0.25, 0.3) is 0 Å². The number of nitrogens with one attached hydrogen (secondary N) is 1. The van der Waals surface area contributed by atoms with E-state index in [4.69, 9.17) is 32.7 Å². The summed E-state index contributed by atoms with van der Waals surface area (Å²) in [6.07, 6.45) is 2.04. The third-order valence-corrected chi connectivity index (χ3v) is 7.89. The van der Waals surface area contributed by atoms with Gasteiger partial charge in [-0.25, -0.2) is 4.79 Å². The van der Waals surface area contributed by atoms with Gasteiger partial charge in [-0.05, 0) is 65.9 Å². The molecule has 34 heavy (non-hydrogen) atoms. The average Bonchev–Trinajstić information content (AvgIpc) is 2.70. The van der Waals surface area contributed by atoms with E-state index in [0.717, 1.165) is 5.56 Å². The van der Waals surface area contributed by atoms with Crippen LogP contribution < -0.4 is 9.46 Å². The molecule has 1 aliphatic heterocycles. The number of hydrogen-bond acceptors (Lipinski definition) is 5. The van der Waals surface area contributed by atoms with E-state index >= 15 is 0 Å². The Morgan fingerprint density at radius 3 is 2.44 bits per heavy atom. The number of hydrogen-bond donors (Lipinski definition) is 1. The fourth-order valence-electron chi connectivity index (χ4n) is 3.89. The molecule has 1 saturated heterocycles. The van der Waals surface area contributed by atoms with Gasteiger partial charge in [-0.2, -0.15) is 0 Å². The summed E-state index contributed by atoms with van der Waals surface area (Å²) < 4.78 is 27.6. The molecule has 1 heterocycles. The van der Waals surface area contributed by atoms with Gasteiger partial charge in [-0.3, -0.25) is 0 Å². The Balaban J connectivity index is 2.40. The number of nitrogens with zero attached hydrogens (tertiary/aromatic N) is 1. The van der Waals surface area contributed by atoms with E-state index in [1.54, 1.807) is 23.1 Å². The number of piperidine rings is 1. The molecule has 1 aromatic rings. The Kier molecular flexibility index (Phi) is 10.1. The summed E-state index contributed by atoms with van der Waals surface area (Å²) in [6, 6.07) is 3.15. The molecule has 9 heteroatoms. The third kappa shape index (κ3) is 7.95. The van der Waals surface area contributed by atoms with Gasteiger partial charge >= 0.3 is 6.09 Å². The van der Waals surface area contributed by atoms with Crippen LogP contribution in [-0.4, -0.2) is 45.6 Å². The third-order valence-electron chi connectivity index (χ3n) is 5.59. The molecule has 1 amide bonds. The molecule has 0 bridgehead atoms. The molecule has 0 aromatic heterocycles. The second-order valence-corrected chi connectivity index (χ2v) is 13.5. The summed E-state index contributed by atoms with van der Waals surface area (Å²) >= 11 is 11.4. The van der Waals surface area contributed by atoms with Gasteiger partial charge in [0, 0.05) is 36.1 Å². The average molecular weight is 534 g/mol. The maximum absolute atomic E-state index is 13.2. The first-order valence-corrected chi connectivity index (χ1v) is 13.4. The molecule has 1 aliphatic rings. The summed E-state index contributed by atoms with van der Waals surface area (Å²) in [6.45, 7) is 18.5. The van der Waals surface area contributed by atoms with Crippen LogP contribution >= 0.6 is 23.2 Å². The highest BCUT2D eigenvalue weighted by Gasteiger charge is 2.41. The van der Waals surface area contributed by atoms with Crippen LogP contribution in [0.3, 0.4) is 0 Å². The van der Waals surface area contributed by atoms with Crippen molar-refractivity contribution >= 4 is 40.7 Å². The number of likely N-dealkylation sites (tertiary alicyclic amines) is 1. The second kappa shape index (κ2) is 11.7. The Morgan fingerprint density at radius 2 is 1.91 bits per heavy atom. The van der Waals surface area contributed by atoms with Crippen molar-refractivity contribution in [3.05, 3.63) is 40.4 Å². The van der Waals surface area contributed by atoms with Crippen LogP contribution in [0.4, 0.5) is 4.79 Å². The maximum Gasteiger partial charge on any atom is 0.410 e. The topological polar surface area (TPSA) is 73.9 Å². The van der Waals surface area contributed by atoms with Gasteiger partial charge in [-0.15, -0.1) is 4.72 Å². The first kappa shape index (κ1) is 29.1. The zero-order valence-corrected chi connectivity index (χ0v) is 23.6. The van der Waals surface area contributed by atoms with Crippen molar-refractivity contribution < 1.29 is 18.8 Å². The zero-order valence-electron chi connectivity index (χ0n) is 21.2. The van der Waals surface area contributed by atoms with E-state index in [1.807, 2.05) is 41.5 Å². The normalized spacial score (nSPS) is 21.1. The molecule has 192 valence electrons. The first-order valence-electron chi connectivity index (χ1n) is 11.5. The number of carbonyl (C=O) groups excluding carboxylic acids is 1. The molecule has 1 N–H and O–H groups in total. The first-order chi connectivity index (χ1) is 15.6. The largest absolute Gasteiger partial charge is 0.598 e. The SMILES string of the molecule is C=CCOc1cc(Cl)c(Cl)cc1C(N[S@@+]([O-])C(C)(C)C)C1CCN(C(=O)OC(C)(C)C)CC1C. The van der Waals surface area contributed by atoms with E-state index in [-0.39, 0.29) is 24.0 Å². The van der Waals surface area contributed by atoms with Crippen molar-refractivity contribution in [2.24, 2.45) is 11.8 Å². The van der Waals surface area contributed by atoms with E-state index in [9.17, 15) is 9.35 Å². The van der Waals surface area contributed by atoms with Gasteiger partial charge in [0.05, 0.1) is 16.1 Å². The van der Waals surface area contributed by atoms with Crippen LogP contribution in [0.5, 0.6) is 5.75 Å². The highest BCUT2D eigenvalue weighted by atomic mass is 35.5. The minimum atomic E-state index is -1.35. The molecule has 4 atom stereocenters. The number of rotatable bonds is 7. The quantitative estimate of drug-likeness (QED) is 0.318. The predicted octanol–water partition coefficient (Wildman–Crippen LogP) is 6.54. The molecule has 0 saturated carbocycles. The van der Waals surface area contributed by atoms with Crippen molar-refractivity contribution in [1.82, 2.24) is 9.62 Å². The van der Waals surface area contributed by atoms with Gasteiger partial charge in [0.25, 0.3) is 0 Å². The molecule has 6 nitrogen and oxygen atoms in total. The van der Waals surface area contributed by atoms with Crippen LogP contribution in [0.1, 0.15) is 66.5 Å². The van der Waals surface area contributed by atoms with Crippen molar-refractivity contribution in [2.45, 2.75) is 71.3 Å². The van der Waals surface area contributed by atoms with Crippen molar-refractivity contribution in [3.8, 4) is 5.75 Å². The minimum absolute atomic E-state index is 0.0633. The molecule has 2 rings (SSSR count). The number of benzene rings is 1. The molecular formula is C25H38Cl2N2O4S. The van der Waals surface area contributed by atoms with E-state index in [0.29, 0.717) is 41.9 Å². The predicted molar refractivity (Wildman–Crippen MR) is 141 cm³/mol. The Hall–Kier alpha value is -1.12. The van der Waals surface area contributed by atoms with Crippen molar-refractivity contribution in [3.63, 3.8) is 0 Å². The lowest BCUT2D eigenvalue weighted by molar-refractivity contribution is 0.00925. The number of amides is 1. The van der Waals surface area contributed by atoms with Gasteiger partial charge in [0.2, 0.25) is 0 Å². The summed E-state index contributed by atoms with van der Waals surface area (Å²) in [7, 11) is 0. The summed E-state index contributed by atoms with van der Waals surface area (Å²) in [4.78, 5) is 14.4. The summed E-state index contributed by atoms with van der Waals surface area (Å²) in [5.74, 6) is 0.727. The van der Waals surface area contributed by atoms with Crippen molar-refractivity contribution in [2.75, 3.05) is 19.7 Å². The van der Waals surface area contributed by atoms with E-state index < -0.39 is 21.7 Å². The summed E-state index contributed by atoms with van der Waals surface area (Å²) in [5.41, 5.74) is 0.235. The Morgan fingerprint density at radius 1 is 1.29 bits per heavy atom. The van der Waals surface area contributed by atoms with Crippen LogP contribution in [0, 0.1) is 11.8 Å². The highest BCUT2D eigenvalue weighted by molar-refractivity contribution is 7.90. The lowest BCUT2D eigenvalue weighted by atomic mass is 9.79. The molecule has 1 fully saturated rings. The highest BCUT2D eigenvalue weighted by Crippen LogP contribution is 2.42. The molecule has 3 unspecified atom stereocenters. The molecule has 0 radical (unpaired) electrons. The van der Waals surface area contributed by atoms with Gasteiger partial charge in [0.1, 0.15) is 22.7 Å². The standard InChI is InChI=1S/C25H38Cl2N2O4S/c1-9-12-32-21-14-20(27)19(26)13-18(21)22(28-34(31)25(6,7)8)17-10-11-29(15-16(17)2)23(30)33-24(3,4)5/h9,13-14,16-17,22,28H,1,10-12,15H2,2-8H3/t16?,17?,22?,34-/m0/s1. The van der Waals surface area contributed by atoms with Gasteiger partial charge in [0.15, 0.2) is 0 Å². The Labute approximate surface area is 217 Å². The van der Waals surface area contributed by atoms with Gasteiger partial charge in [-0.1, -0.05) is 42.8 Å². The minimum Gasteiger partial charge on any atom is -0.598 e. The lowest BCUT2D eigenvalue weighted by Crippen LogP contribution is -2.50. The van der Waals surface area contributed by atoms with Gasteiger partial charge < -0.3 is 18.9 Å². The molecular weight excluding hydrogens is 495 g/mol. The second-order valence-electron chi connectivity index (χ2n) is 10.7. The monoisotopic (exact) mass is 532 g/mol. The van der Waals surface area contributed by atoms with Crippen molar-refractivity contribution in [1.29, 1.82) is 0 Å². The zero-order chi connectivity index (χ0) is 25.8. The fraction of sp³-hybridized carbons (Fsp3) is 0.640. The molecule has 0 aliphatic carbocycles. The summed E-state index contributed by atoms with van der Waals surface area (Å²) in [5, 5.41) is 0.780. The van der Waals surface area contributed by atoms with Crippen LogP contribution in [0.15, 0.2) is 24.8 Å². The van der Waals surface area contributed by atoms with Crippen LogP contribution in [-0.2, 0) is 16.1 Å². The molecule has 0 spiro atoms. The van der Waals surface area contributed by atoms with E-state index in [2.05, 4.69) is 18.2 Å². The maximum atomic E-state index is 13.2. The Bertz CT molecular complexity index is 870.